The minimum Gasteiger partial charge on any atom is -0.478 e. The van der Waals surface area contributed by atoms with Crippen LogP contribution in [0.2, 0.25) is 0 Å². The smallest absolute Gasteiger partial charge is 0.328 e. The van der Waals surface area contributed by atoms with Gasteiger partial charge in [0.05, 0.1) is 5.69 Å². The molecule has 3 nitrogen and oxygen atoms in total. The lowest BCUT2D eigenvalue weighted by atomic mass is 10.2. The molecule has 0 aliphatic heterocycles. The number of hydrogen-bond donors (Lipinski definition) is 1. The molecular formula is C12H8BrNO2S. The van der Waals surface area contributed by atoms with Gasteiger partial charge in [0.1, 0.15) is 5.01 Å². The van der Waals surface area contributed by atoms with Crippen molar-refractivity contribution >= 4 is 39.3 Å². The number of thiazole rings is 1. The minimum atomic E-state index is -0.967. The summed E-state index contributed by atoms with van der Waals surface area (Å²) in [6.45, 7) is 0. The SMILES string of the molecule is O=C(O)/C=C/c1nc(-c2ccc(Br)cc2)cs1. The summed E-state index contributed by atoms with van der Waals surface area (Å²) >= 11 is 4.79. The van der Waals surface area contributed by atoms with Crippen molar-refractivity contribution in [3.63, 3.8) is 0 Å². The van der Waals surface area contributed by atoms with Crippen molar-refractivity contribution in [2.75, 3.05) is 0 Å². The molecule has 1 N–H and O–H groups in total. The molecule has 2 aromatic rings. The van der Waals surface area contributed by atoms with Crippen molar-refractivity contribution in [1.29, 1.82) is 0 Å². The monoisotopic (exact) mass is 309 g/mol. The molecule has 86 valence electrons. The van der Waals surface area contributed by atoms with E-state index in [1.54, 1.807) is 0 Å². The number of benzene rings is 1. The van der Waals surface area contributed by atoms with Crippen LogP contribution in [-0.2, 0) is 4.79 Å². The van der Waals surface area contributed by atoms with E-state index in [0.717, 1.165) is 21.8 Å². The summed E-state index contributed by atoms with van der Waals surface area (Å²) in [4.78, 5) is 14.7. The van der Waals surface area contributed by atoms with E-state index < -0.39 is 5.97 Å². The first-order valence-electron chi connectivity index (χ1n) is 4.77. The molecule has 0 saturated carbocycles. The molecule has 2 rings (SSSR count). The molecule has 0 radical (unpaired) electrons. The first-order valence-corrected chi connectivity index (χ1v) is 6.45. The highest BCUT2D eigenvalue weighted by atomic mass is 79.9. The topological polar surface area (TPSA) is 50.2 Å². The lowest BCUT2D eigenvalue weighted by molar-refractivity contribution is -0.131. The van der Waals surface area contributed by atoms with Gasteiger partial charge in [-0.2, -0.15) is 0 Å². The van der Waals surface area contributed by atoms with Crippen LogP contribution in [-0.4, -0.2) is 16.1 Å². The molecule has 0 saturated heterocycles. The number of aromatic nitrogens is 1. The normalized spacial score (nSPS) is 10.9. The fourth-order valence-electron chi connectivity index (χ4n) is 1.26. The lowest BCUT2D eigenvalue weighted by Crippen LogP contribution is -1.85. The van der Waals surface area contributed by atoms with Gasteiger partial charge in [-0.05, 0) is 18.2 Å². The van der Waals surface area contributed by atoms with Crippen LogP contribution in [0.5, 0.6) is 0 Å². The van der Waals surface area contributed by atoms with E-state index in [1.165, 1.54) is 17.4 Å². The molecule has 1 heterocycles. The zero-order valence-electron chi connectivity index (χ0n) is 8.63. The first-order chi connectivity index (χ1) is 8.15. The van der Waals surface area contributed by atoms with E-state index in [0.29, 0.717) is 5.01 Å². The number of carbonyl (C=O) groups is 1. The van der Waals surface area contributed by atoms with E-state index in [4.69, 9.17) is 5.11 Å². The molecule has 0 bridgehead atoms. The quantitative estimate of drug-likeness (QED) is 0.880. The average Bonchev–Trinajstić information content (AvgIpc) is 2.76. The Balaban J connectivity index is 2.23. The maximum absolute atomic E-state index is 10.4. The molecule has 17 heavy (non-hydrogen) atoms. The number of carboxylic acids is 1. The number of nitrogens with zero attached hydrogens (tertiary/aromatic N) is 1. The van der Waals surface area contributed by atoms with Crippen LogP contribution in [0.3, 0.4) is 0 Å². The second-order valence-corrected chi connectivity index (χ2v) is 5.05. The Kier molecular flexibility index (Phi) is 3.71. The van der Waals surface area contributed by atoms with Crippen molar-refractivity contribution in [2.24, 2.45) is 0 Å². The maximum atomic E-state index is 10.4. The summed E-state index contributed by atoms with van der Waals surface area (Å²) in [6.07, 6.45) is 2.58. The van der Waals surface area contributed by atoms with Crippen LogP contribution >= 0.6 is 27.3 Å². The summed E-state index contributed by atoms with van der Waals surface area (Å²) in [6, 6.07) is 7.82. The Labute approximate surface area is 111 Å². The zero-order chi connectivity index (χ0) is 12.3. The molecular weight excluding hydrogens is 302 g/mol. The molecule has 0 aliphatic carbocycles. The minimum absolute atomic E-state index is 0.685. The van der Waals surface area contributed by atoms with Crippen LogP contribution in [0.4, 0.5) is 0 Å². The standard InChI is InChI=1S/C12H8BrNO2S/c13-9-3-1-8(2-4-9)10-7-17-11(14-10)5-6-12(15)16/h1-7H,(H,15,16)/b6-5+. The van der Waals surface area contributed by atoms with Crippen LogP contribution in [0, 0.1) is 0 Å². The largest absolute Gasteiger partial charge is 0.478 e. The number of aliphatic carboxylic acids is 1. The molecule has 0 aliphatic rings. The zero-order valence-corrected chi connectivity index (χ0v) is 11.0. The van der Waals surface area contributed by atoms with Gasteiger partial charge in [0.25, 0.3) is 0 Å². The summed E-state index contributed by atoms with van der Waals surface area (Å²) in [5, 5.41) is 11.1. The second-order valence-electron chi connectivity index (χ2n) is 3.25. The van der Waals surface area contributed by atoms with Crippen LogP contribution in [0.15, 0.2) is 40.2 Å². The van der Waals surface area contributed by atoms with Crippen molar-refractivity contribution in [3.05, 3.63) is 45.2 Å². The highest BCUT2D eigenvalue weighted by Gasteiger charge is 2.02. The number of halogens is 1. The molecule has 0 amide bonds. The Morgan fingerprint density at radius 2 is 2.06 bits per heavy atom. The third kappa shape index (κ3) is 3.25. The van der Waals surface area contributed by atoms with Crippen molar-refractivity contribution < 1.29 is 9.90 Å². The fraction of sp³-hybridized carbons (Fsp3) is 0. The van der Waals surface area contributed by atoms with Gasteiger partial charge in [0.2, 0.25) is 0 Å². The third-order valence-electron chi connectivity index (χ3n) is 2.03. The van der Waals surface area contributed by atoms with Gasteiger partial charge in [0.15, 0.2) is 0 Å². The van der Waals surface area contributed by atoms with Gasteiger partial charge in [-0.3, -0.25) is 0 Å². The Morgan fingerprint density at radius 3 is 2.71 bits per heavy atom. The van der Waals surface area contributed by atoms with Gasteiger partial charge in [-0.15, -0.1) is 11.3 Å². The molecule has 1 aromatic carbocycles. The summed E-state index contributed by atoms with van der Waals surface area (Å²) in [7, 11) is 0. The lowest BCUT2D eigenvalue weighted by Gasteiger charge is -1.95. The molecule has 0 fully saturated rings. The Bertz CT molecular complexity index is 560. The average molecular weight is 310 g/mol. The molecule has 0 spiro atoms. The van der Waals surface area contributed by atoms with Gasteiger partial charge in [0, 0.05) is 21.5 Å². The second kappa shape index (κ2) is 5.25. The predicted octanol–water partition coefficient (Wildman–Crippen LogP) is 3.67. The number of hydrogen-bond acceptors (Lipinski definition) is 3. The Morgan fingerprint density at radius 1 is 1.35 bits per heavy atom. The van der Waals surface area contributed by atoms with Crippen molar-refractivity contribution in [3.8, 4) is 11.3 Å². The molecule has 0 unspecified atom stereocenters. The van der Waals surface area contributed by atoms with E-state index in [2.05, 4.69) is 20.9 Å². The van der Waals surface area contributed by atoms with E-state index in [1.807, 2.05) is 29.6 Å². The molecule has 0 atom stereocenters. The third-order valence-corrected chi connectivity index (χ3v) is 3.37. The molecule has 5 heteroatoms. The number of carboxylic acid groups (broad SMARTS) is 1. The predicted molar refractivity (Wildman–Crippen MR) is 71.9 cm³/mol. The van der Waals surface area contributed by atoms with E-state index in [9.17, 15) is 4.79 Å². The first kappa shape index (κ1) is 12.0. The highest BCUT2D eigenvalue weighted by Crippen LogP contribution is 2.24. The van der Waals surface area contributed by atoms with Crippen LogP contribution in [0.1, 0.15) is 5.01 Å². The van der Waals surface area contributed by atoms with E-state index in [-0.39, 0.29) is 0 Å². The summed E-state index contributed by atoms with van der Waals surface area (Å²) < 4.78 is 1.02. The van der Waals surface area contributed by atoms with Gasteiger partial charge in [-0.1, -0.05) is 28.1 Å². The fourth-order valence-corrected chi connectivity index (χ4v) is 2.24. The summed E-state index contributed by atoms with van der Waals surface area (Å²) in [5.41, 5.74) is 1.87. The van der Waals surface area contributed by atoms with Gasteiger partial charge in [-0.25, -0.2) is 9.78 Å². The Hall–Kier alpha value is -1.46. The van der Waals surface area contributed by atoms with Crippen molar-refractivity contribution in [1.82, 2.24) is 4.98 Å². The molecule has 1 aromatic heterocycles. The van der Waals surface area contributed by atoms with Gasteiger partial charge >= 0.3 is 5.97 Å². The van der Waals surface area contributed by atoms with Crippen LogP contribution in [0.25, 0.3) is 17.3 Å². The highest BCUT2D eigenvalue weighted by molar-refractivity contribution is 9.10. The maximum Gasteiger partial charge on any atom is 0.328 e. The van der Waals surface area contributed by atoms with Crippen molar-refractivity contribution in [2.45, 2.75) is 0 Å². The van der Waals surface area contributed by atoms with E-state index >= 15 is 0 Å². The van der Waals surface area contributed by atoms with Crippen LogP contribution < -0.4 is 0 Å². The number of rotatable bonds is 3. The summed E-state index contributed by atoms with van der Waals surface area (Å²) in [5.74, 6) is -0.967. The van der Waals surface area contributed by atoms with Gasteiger partial charge < -0.3 is 5.11 Å².